The van der Waals surface area contributed by atoms with Crippen LogP contribution in [0.25, 0.3) is 10.9 Å². The van der Waals surface area contributed by atoms with Gasteiger partial charge in [0, 0.05) is 36.4 Å². The summed E-state index contributed by atoms with van der Waals surface area (Å²) in [6, 6.07) is 7.89. The quantitative estimate of drug-likeness (QED) is 0.665. The maximum atomic E-state index is 11.8. The third-order valence-electron chi connectivity index (χ3n) is 4.56. The van der Waals surface area contributed by atoms with Crippen molar-refractivity contribution >= 4 is 22.6 Å². The Kier molecular flexibility index (Phi) is 4.74. The van der Waals surface area contributed by atoms with Crippen molar-refractivity contribution in [3.8, 4) is 0 Å². The summed E-state index contributed by atoms with van der Waals surface area (Å²) in [5.74, 6) is 0.575. The number of nitrogens with one attached hydrogen (secondary N) is 3. The predicted octanol–water partition coefficient (Wildman–Crippen LogP) is 3.71. The lowest BCUT2D eigenvalue weighted by Gasteiger charge is -2.09. The summed E-state index contributed by atoms with van der Waals surface area (Å²) in [4.78, 5) is 19.6. The maximum absolute atomic E-state index is 11.8. The molecule has 0 bridgehead atoms. The van der Waals surface area contributed by atoms with E-state index in [4.69, 9.17) is 0 Å². The summed E-state index contributed by atoms with van der Waals surface area (Å²) in [6.45, 7) is 7.09. The fraction of sp³-hybridized carbons (Fsp3) is 0.300. The first-order valence-electron chi connectivity index (χ1n) is 8.56. The number of hydrogen-bond acceptors (Lipinski definition) is 3. The number of carbonyl (C=O) groups excluding carboxylic acids is 1. The zero-order valence-electron chi connectivity index (χ0n) is 15.2. The molecule has 2 aromatic heterocycles. The first kappa shape index (κ1) is 17.0. The number of anilines is 1. The van der Waals surface area contributed by atoms with Gasteiger partial charge in [0.05, 0.1) is 5.52 Å². The largest absolute Gasteiger partial charge is 0.366 e. The second kappa shape index (κ2) is 6.97. The Morgan fingerprint density at radius 3 is 2.76 bits per heavy atom. The number of aromatic nitrogens is 2. The van der Waals surface area contributed by atoms with Crippen molar-refractivity contribution in [2.75, 3.05) is 12.4 Å². The van der Waals surface area contributed by atoms with Crippen LogP contribution in [0.4, 0.5) is 5.82 Å². The molecule has 130 valence electrons. The van der Waals surface area contributed by atoms with Gasteiger partial charge in [-0.2, -0.15) is 0 Å². The second-order valence-electron chi connectivity index (χ2n) is 6.29. The molecule has 2 heterocycles. The highest BCUT2D eigenvalue weighted by molar-refractivity contribution is 5.94. The Balaban J connectivity index is 1.90. The van der Waals surface area contributed by atoms with Crippen molar-refractivity contribution < 1.29 is 4.79 Å². The lowest BCUT2D eigenvalue weighted by Crippen LogP contribution is -2.18. The van der Waals surface area contributed by atoms with Gasteiger partial charge >= 0.3 is 0 Å². The van der Waals surface area contributed by atoms with Crippen LogP contribution in [0.15, 0.2) is 30.5 Å². The summed E-state index contributed by atoms with van der Waals surface area (Å²) in [5.41, 5.74) is 6.81. The predicted molar refractivity (Wildman–Crippen MR) is 102 cm³/mol. The number of benzene rings is 1. The van der Waals surface area contributed by atoms with Crippen molar-refractivity contribution in [2.24, 2.45) is 0 Å². The van der Waals surface area contributed by atoms with Crippen LogP contribution in [0.1, 0.15) is 39.7 Å². The minimum Gasteiger partial charge on any atom is -0.366 e. The van der Waals surface area contributed by atoms with Gasteiger partial charge in [0.1, 0.15) is 5.82 Å². The van der Waals surface area contributed by atoms with Crippen LogP contribution in [0.5, 0.6) is 0 Å². The van der Waals surface area contributed by atoms with Crippen molar-refractivity contribution in [3.63, 3.8) is 0 Å². The van der Waals surface area contributed by atoms with E-state index in [1.54, 1.807) is 25.4 Å². The van der Waals surface area contributed by atoms with Crippen LogP contribution < -0.4 is 10.6 Å². The van der Waals surface area contributed by atoms with Gasteiger partial charge in [0.2, 0.25) is 0 Å². The van der Waals surface area contributed by atoms with Crippen LogP contribution in [0.3, 0.4) is 0 Å². The van der Waals surface area contributed by atoms with Gasteiger partial charge in [0.25, 0.3) is 5.91 Å². The molecular weight excluding hydrogens is 312 g/mol. The average Bonchev–Trinajstić information content (AvgIpc) is 2.95. The van der Waals surface area contributed by atoms with Gasteiger partial charge in [-0.1, -0.05) is 18.6 Å². The van der Waals surface area contributed by atoms with Crippen LogP contribution in [0.2, 0.25) is 0 Å². The fourth-order valence-corrected chi connectivity index (χ4v) is 3.20. The Morgan fingerprint density at radius 2 is 2.04 bits per heavy atom. The lowest BCUT2D eigenvalue weighted by atomic mass is 10.0. The molecule has 0 aliphatic carbocycles. The summed E-state index contributed by atoms with van der Waals surface area (Å²) >= 11 is 0. The third-order valence-corrected chi connectivity index (χ3v) is 4.56. The molecule has 25 heavy (non-hydrogen) atoms. The summed E-state index contributed by atoms with van der Waals surface area (Å²) in [7, 11) is 1.62. The molecule has 0 aliphatic rings. The molecule has 5 nitrogen and oxygen atoms in total. The number of nitrogens with zero attached hydrogens (tertiary/aromatic N) is 1. The first-order chi connectivity index (χ1) is 12.0. The molecule has 0 saturated heterocycles. The first-order valence-corrected chi connectivity index (χ1v) is 8.56. The summed E-state index contributed by atoms with van der Waals surface area (Å²) < 4.78 is 0. The zero-order valence-corrected chi connectivity index (χ0v) is 15.2. The number of pyridine rings is 1. The van der Waals surface area contributed by atoms with Crippen molar-refractivity contribution in [1.29, 1.82) is 0 Å². The van der Waals surface area contributed by atoms with E-state index in [1.165, 1.54) is 33.3 Å². The SMILES string of the molecule is CCc1[nH]c2c(CNc3cc(C(=O)NC)ccn3)cc(C)cc2c1C. The van der Waals surface area contributed by atoms with E-state index in [0.717, 1.165) is 6.42 Å². The molecule has 0 atom stereocenters. The normalized spacial score (nSPS) is 10.9. The molecule has 1 amide bonds. The minimum atomic E-state index is -0.115. The molecule has 3 N–H and O–H groups in total. The van der Waals surface area contributed by atoms with E-state index >= 15 is 0 Å². The molecule has 1 aromatic carbocycles. The lowest BCUT2D eigenvalue weighted by molar-refractivity contribution is 0.0963. The highest BCUT2D eigenvalue weighted by Gasteiger charge is 2.11. The van der Waals surface area contributed by atoms with E-state index < -0.39 is 0 Å². The van der Waals surface area contributed by atoms with E-state index in [-0.39, 0.29) is 5.91 Å². The molecule has 3 rings (SSSR count). The molecule has 0 spiro atoms. The van der Waals surface area contributed by atoms with Crippen LogP contribution >= 0.6 is 0 Å². The van der Waals surface area contributed by atoms with Crippen LogP contribution in [-0.2, 0) is 13.0 Å². The maximum Gasteiger partial charge on any atom is 0.251 e. The smallest absolute Gasteiger partial charge is 0.251 e. The molecular formula is C20H24N4O. The average molecular weight is 336 g/mol. The Bertz CT molecular complexity index is 927. The third kappa shape index (κ3) is 3.36. The van der Waals surface area contributed by atoms with Gasteiger partial charge in [-0.3, -0.25) is 4.79 Å². The van der Waals surface area contributed by atoms with Crippen molar-refractivity contribution in [2.45, 2.75) is 33.7 Å². The number of aromatic amines is 1. The van der Waals surface area contributed by atoms with Crippen LogP contribution in [0, 0.1) is 13.8 Å². The molecule has 0 radical (unpaired) electrons. The fourth-order valence-electron chi connectivity index (χ4n) is 3.20. The number of carbonyl (C=O) groups is 1. The van der Waals surface area contributed by atoms with Crippen molar-refractivity contribution in [1.82, 2.24) is 15.3 Å². The monoisotopic (exact) mass is 336 g/mol. The number of aryl methyl sites for hydroxylation is 3. The highest BCUT2D eigenvalue weighted by Crippen LogP contribution is 2.27. The molecule has 0 aliphatic heterocycles. The Labute approximate surface area is 147 Å². The van der Waals surface area contributed by atoms with E-state index in [0.29, 0.717) is 17.9 Å². The Hall–Kier alpha value is -2.82. The topological polar surface area (TPSA) is 69.8 Å². The van der Waals surface area contributed by atoms with Crippen LogP contribution in [-0.4, -0.2) is 22.9 Å². The Morgan fingerprint density at radius 1 is 1.24 bits per heavy atom. The van der Waals surface area contributed by atoms with E-state index in [2.05, 4.69) is 53.5 Å². The van der Waals surface area contributed by atoms with Crippen molar-refractivity contribution in [3.05, 3.63) is 58.4 Å². The molecule has 0 saturated carbocycles. The highest BCUT2D eigenvalue weighted by atomic mass is 16.1. The van der Waals surface area contributed by atoms with E-state index in [9.17, 15) is 4.79 Å². The number of fused-ring (bicyclic) bond motifs is 1. The summed E-state index contributed by atoms with van der Waals surface area (Å²) in [6.07, 6.45) is 2.63. The number of H-pyrrole nitrogens is 1. The molecule has 3 aromatic rings. The number of hydrogen-bond donors (Lipinski definition) is 3. The zero-order chi connectivity index (χ0) is 18.0. The number of amides is 1. The van der Waals surface area contributed by atoms with Gasteiger partial charge in [0.15, 0.2) is 0 Å². The van der Waals surface area contributed by atoms with E-state index in [1.807, 2.05) is 0 Å². The second-order valence-corrected chi connectivity index (χ2v) is 6.29. The molecule has 0 unspecified atom stereocenters. The number of rotatable bonds is 5. The summed E-state index contributed by atoms with van der Waals surface area (Å²) in [5, 5.41) is 7.24. The van der Waals surface area contributed by atoms with Gasteiger partial charge < -0.3 is 15.6 Å². The molecule has 5 heteroatoms. The minimum absolute atomic E-state index is 0.115. The standard InChI is InChI=1S/C20H24N4O/c1-5-17-13(3)16-9-12(2)8-15(19(16)24-17)11-23-18-10-14(6-7-22-18)20(25)21-4/h6-10,24H,5,11H2,1-4H3,(H,21,25)(H,22,23). The van der Waals surface area contributed by atoms with Gasteiger partial charge in [-0.05, 0) is 49.6 Å². The van der Waals surface area contributed by atoms with Gasteiger partial charge in [-0.15, -0.1) is 0 Å². The van der Waals surface area contributed by atoms with Gasteiger partial charge in [-0.25, -0.2) is 4.98 Å². The molecule has 0 fully saturated rings.